The molecule has 2 heterocycles. The average Bonchev–Trinajstić information content (AvgIpc) is 3.11. The Bertz CT molecular complexity index is 946. The molecule has 2 rings (SSSR count). The van der Waals surface area contributed by atoms with Crippen LogP contribution in [0.15, 0.2) is 21.9 Å². The second kappa shape index (κ2) is 16.6. The van der Waals surface area contributed by atoms with Crippen molar-refractivity contribution in [1.82, 2.24) is 14.6 Å². The van der Waals surface area contributed by atoms with Gasteiger partial charge >= 0.3 is 11.6 Å². The molecule has 12 heteroatoms. The molecular formula is C27H48FN3O8. The predicted molar refractivity (Wildman–Crippen MR) is 142 cm³/mol. The van der Waals surface area contributed by atoms with Crippen molar-refractivity contribution in [3.63, 3.8) is 0 Å². The molecule has 0 aliphatic carbocycles. The number of halogens is 1. The van der Waals surface area contributed by atoms with Crippen molar-refractivity contribution in [3.05, 3.63) is 33.1 Å². The predicted octanol–water partition coefficient (Wildman–Crippen LogP) is 2.83. The molecule has 0 aromatic carbocycles. The Labute approximate surface area is 229 Å². The molecule has 1 aliphatic heterocycles. The van der Waals surface area contributed by atoms with Gasteiger partial charge in [-0.15, -0.1) is 5.06 Å². The molecule has 6 N–H and O–H groups in total. The van der Waals surface area contributed by atoms with Crippen LogP contribution in [0.1, 0.15) is 110 Å². The second-order valence-electron chi connectivity index (χ2n) is 10.6. The zero-order chi connectivity index (χ0) is 28.9. The SMILES string of the molecule is CCCCCCCCCCCCCCCCCC(F)N(O)[C@@]1(O)[C@H](O)[C@@H](CO)O[C@@]1(O)n1ccc(=O)[nH]c1=O. The number of aliphatic hydroxyl groups excluding tert-OH is 2. The van der Waals surface area contributed by atoms with Gasteiger partial charge in [-0.2, -0.15) is 0 Å². The highest BCUT2D eigenvalue weighted by Gasteiger charge is 2.71. The molecule has 1 saturated heterocycles. The van der Waals surface area contributed by atoms with E-state index in [0.717, 1.165) is 31.5 Å². The fourth-order valence-corrected chi connectivity index (χ4v) is 5.15. The van der Waals surface area contributed by atoms with E-state index in [1.165, 1.54) is 64.2 Å². The molecule has 1 fully saturated rings. The van der Waals surface area contributed by atoms with Crippen molar-refractivity contribution in [2.45, 2.75) is 140 Å². The van der Waals surface area contributed by atoms with Crippen LogP contribution in [-0.4, -0.2) is 71.1 Å². The summed E-state index contributed by atoms with van der Waals surface area (Å²) in [5.41, 5.74) is -5.35. The standard InChI is InChI=1S/C27H48FN3O8/c1-2-3-4-5-6-7-8-9-10-11-12-13-14-15-16-17-22(28)31(38)26(36)24(34)21(20-32)39-27(26,37)30-19-18-23(33)29-25(30)35/h18-19,21-22,24,32,34,36-38H,2-17,20H2,1H3,(H,29,33,35)/t21-,22?,24-,26-,27-/m1/s1. The number of rotatable bonds is 20. The van der Waals surface area contributed by atoms with Crippen LogP contribution in [-0.2, 0) is 10.6 Å². The molecule has 1 aliphatic rings. The minimum atomic E-state index is -3.28. The Morgan fingerprint density at radius 1 is 0.974 bits per heavy atom. The highest BCUT2D eigenvalue weighted by molar-refractivity contribution is 5.05. The number of hydroxylamine groups is 2. The highest BCUT2D eigenvalue weighted by atomic mass is 19.1. The maximum absolute atomic E-state index is 15.0. The fourth-order valence-electron chi connectivity index (χ4n) is 5.15. The van der Waals surface area contributed by atoms with E-state index in [9.17, 15) is 35.2 Å². The van der Waals surface area contributed by atoms with Gasteiger partial charge in [0.1, 0.15) is 12.2 Å². The molecule has 226 valence electrons. The van der Waals surface area contributed by atoms with Crippen molar-refractivity contribution in [1.29, 1.82) is 0 Å². The van der Waals surface area contributed by atoms with E-state index < -0.39 is 48.0 Å². The molecule has 5 atom stereocenters. The molecule has 0 amide bonds. The first kappa shape index (κ1) is 33.5. The molecule has 0 spiro atoms. The summed E-state index contributed by atoms with van der Waals surface area (Å²) in [6, 6.07) is 0.825. The van der Waals surface area contributed by atoms with Crippen molar-refractivity contribution < 1.29 is 34.8 Å². The topological polar surface area (TPSA) is 168 Å². The van der Waals surface area contributed by atoms with E-state index in [2.05, 4.69) is 6.92 Å². The number of hydrogen-bond acceptors (Lipinski definition) is 9. The quantitative estimate of drug-likeness (QED) is 0.0607. The van der Waals surface area contributed by atoms with E-state index in [1.54, 1.807) is 0 Å². The van der Waals surface area contributed by atoms with E-state index in [4.69, 9.17) is 4.74 Å². The number of aliphatic hydroxyl groups is 4. The third-order valence-corrected chi connectivity index (χ3v) is 7.55. The summed E-state index contributed by atoms with van der Waals surface area (Å²) in [4.78, 5) is 25.5. The average molecular weight is 562 g/mol. The van der Waals surface area contributed by atoms with Crippen molar-refractivity contribution in [2.75, 3.05) is 6.61 Å². The van der Waals surface area contributed by atoms with Crippen molar-refractivity contribution >= 4 is 0 Å². The Kier molecular flexibility index (Phi) is 14.2. The number of ether oxygens (including phenoxy) is 1. The number of alkyl halides is 1. The van der Waals surface area contributed by atoms with E-state index in [-0.39, 0.29) is 11.5 Å². The van der Waals surface area contributed by atoms with Gasteiger partial charge in [-0.3, -0.25) is 9.78 Å². The fraction of sp³-hybridized carbons (Fsp3) is 0.852. The third-order valence-electron chi connectivity index (χ3n) is 7.55. The van der Waals surface area contributed by atoms with Crippen LogP contribution in [0.2, 0.25) is 0 Å². The molecule has 0 bridgehead atoms. The highest BCUT2D eigenvalue weighted by Crippen LogP contribution is 2.44. The number of nitrogens with one attached hydrogen (secondary N) is 1. The Hall–Kier alpha value is -1.67. The van der Waals surface area contributed by atoms with E-state index in [0.29, 0.717) is 17.4 Å². The number of hydrogen-bond donors (Lipinski definition) is 6. The molecule has 39 heavy (non-hydrogen) atoms. The van der Waals surface area contributed by atoms with Gasteiger partial charge in [0.15, 0.2) is 6.30 Å². The summed E-state index contributed by atoms with van der Waals surface area (Å²) in [6.45, 7) is 1.30. The number of aromatic amines is 1. The van der Waals surface area contributed by atoms with Crippen molar-refractivity contribution in [3.8, 4) is 0 Å². The summed E-state index contributed by atoms with van der Waals surface area (Å²) in [5, 5.41) is 52.5. The van der Waals surface area contributed by atoms with Crippen LogP contribution in [0.3, 0.4) is 0 Å². The van der Waals surface area contributed by atoms with Gasteiger partial charge in [0, 0.05) is 12.3 Å². The number of unbranched alkanes of at least 4 members (excludes halogenated alkanes) is 14. The van der Waals surface area contributed by atoms with Gasteiger partial charge < -0.3 is 30.4 Å². The molecule has 11 nitrogen and oxygen atoms in total. The Balaban J connectivity index is 1.76. The van der Waals surface area contributed by atoms with Gasteiger partial charge in [-0.25, -0.2) is 13.8 Å². The lowest BCUT2D eigenvalue weighted by Crippen LogP contribution is -2.69. The molecular weight excluding hydrogens is 513 g/mol. The third kappa shape index (κ3) is 8.66. The number of H-pyrrole nitrogens is 1. The van der Waals surface area contributed by atoms with Crippen LogP contribution in [0.4, 0.5) is 4.39 Å². The summed E-state index contributed by atoms with van der Waals surface area (Å²) < 4.78 is 20.4. The van der Waals surface area contributed by atoms with Gasteiger partial charge in [-0.1, -0.05) is 96.8 Å². The Morgan fingerprint density at radius 2 is 1.46 bits per heavy atom. The molecule has 0 saturated carbocycles. The van der Waals surface area contributed by atoms with Gasteiger partial charge in [0.05, 0.1) is 6.61 Å². The normalized spacial score (nSPS) is 25.9. The van der Waals surface area contributed by atoms with Crippen LogP contribution in [0.5, 0.6) is 0 Å². The summed E-state index contributed by atoms with van der Waals surface area (Å²) >= 11 is 0. The minimum Gasteiger partial charge on any atom is -0.394 e. The minimum absolute atomic E-state index is 0.232. The van der Waals surface area contributed by atoms with E-state index in [1.807, 2.05) is 4.98 Å². The maximum Gasteiger partial charge on any atom is 0.332 e. The smallest absolute Gasteiger partial charge is 0.332 e. The summed E-state index contributed by atoms with van der Waals surface area (Å²) in [6.07, 6.45) is 11.3. The van der Waals surface area contributed by atoms with Gasteiger partial charge in [0.25, 0.3) is 5.56 Å². The lowest BCUT2D eigenvalue weighted by atomic mass is 9.99. The van der Waals surface area contributed by atoms with Gasteiger partial charge in [-0.05, 0) is 12.8 Å². The molecule has 1 aromatic heterocycles. The van der Waals surface area contributed by atoms with Gasteiger partial charge in [0.2, 0.25) is 5.72 Å². The van der Waals surface area contributed by atoms with Crippen LogP contribution >= 0.6 is 0 Å². The van der Waals surface area contributed by atoms with E-state index >= 15 is 4.39 Å². The lowest BCUT2D eigenvalue weighted by molar-refractivity contribution is -0.428. The second-order valence-corrected chi connectivity index (χ2v) is 10.6. The summed E-state index contributed by atoms with van der Waals surface area (Å²) in [5.74, 6) is -3.23. The lowest BCUT2D eigenvalue weighted by Gasteiger charge is -2.43. The number of aromatic nitrogens is 2. The largest absolute Gasteiger partial charge is 0.394 e. The molecule has 1 aromatic rings. The number of nitrogens with zero attached hydrogens (tertiary/aromatic N) is 2. The first-order valence-corrected chi connectivity index (χ1v) is 14.5. The molecule has 0 radical (unpaired) electrons. The van der Waals surface area contributed by atoms with Crippen LogP contribution in [0.25, 0.3) is 0 Å². The molecule has 1 unspecified atom stereocenters. The van der Waals surface area contributed by atoms with Crippen LogP contribution in [0, 0.1) is 0 Å². The maximum atomic E-state index is 15.0. The first-order chi connectivity index (χ1) is 18.6. The Morgan fingerprint density at radius 3 is 1.92 bits per heavy atom. The monoisotopic (exact) mass is 561 g/mol. The first-order valence-electron chi connectivity index (χ1n) is 14.5. The summed E-state index contributed by atoms with van der Waals surface area (Å²) in [7, 11) is 0. The zero-order valence-corrected chi connectivity index (χ0v) is 23.1. The zero-order valence-electron chi connectivity index (χ0n) is 23.1. The van der Waals surface area contributed by atoms with Crippen molar-refractivity contribution in [2.24, 2.45) is 0 Å². The van der Waals surface area contributed by atoms with Crippen LogP contribution < -0.4 is 11.2 Å².